The van der Waals surface area contributed by atoms with Crippen LogP contribution in [0.5, 0.6) is 0 Å². The molecule has 2 aliphatic rings. The van der Waals surface area contributed by atoms with E-state index in [1.807, 2.05) is 0 Å². The van der Waals surface area contributed by atoms with Crippen molar-refractivity contribution in [2.24, 2.45) is 16.7 Å². The molecule has 15 heavy (non-hydrogen) atoms. The van der Waals surface area contributed by atoms with Crippen molar-refractivity contribution in [1.82, 2.24) is 0 Å². The van der Waals surface area contributed by atoms with Crippen LogP contribution in [0, 0.1) is 16.7 Å². The molecule has 0 radical (unpaired) electrons. The molecule has 0 heterocycles. The first-order valence-corrected chi connectivity index (χ1v) is 4.96. The van der Waals surface area contributed by atoms with Gasteiger partial charge < -0.3 is 5.11 Å². The maximum Gasteiger partial charge on any atom is 0.314 e. The van der Waals surface area contributed by atoms with Gasteiger partial charge in [0.25, 0.3) is 5.92 Å². The Bertz CT molecular complexity index is 395. The zero-order chi connectivity index (χ0) is 11.8. The highest BCUT2D eigenvalue weighted by Gasteiger charge is 2.76. The summed E-state index contributed by atoms with van der Waals surface area (Å²) in [5.74, 6) is -4.57. The van der Waals surface area contributed by atoms with Gasteiger partial charge in [-0.05, 0) is 12.5 Å². The molecule has 0 spiro atoms. The Hall–Kier alpha value is -0.930. The zero-order valence-electron chi connectivity index (χ0n) is 9.19. The van der Waals surface area contributed by atoms with Crippen LogP contribution in [-0.2, 0) is 4.79 Å². The molecule has 2 nitrogen and oxygen atoms in total. The van der Waals surface area contributed by atoms with Gasteiger partial charge in [-0.15, -0.1) is 0 Å². The van der Waals surface area contributed by atoms with Gasteiger partial charge in [0.15, 0.2) is 0 Å². The molecule has 0 aromatic carbocycles. The van der Waals surface area contributed by atoms with Crippen LogP contribution < -0.4 is 0 Å². The Morgan fingerprint density at radius 1 is 1.33 bits per heavy atom. The van der Waals surface area contributed by atoms with E-state index in [-0.39, 0.29) is 5.57 Å². The van der Waals surface area contributed by atoms with E-state index in [9.17, 15) is 13.6 Å². The fourth-order valence-electron chi connectivity index (χ4n) is 2.62. The average Bonchev–Trinajstić information content (AvgIpc) is 2.70. The van der Waals surface area contributed by atoms with E-state index in [0.717, 1.165) is 0 Å². The number of aliphatic carboxylic acids is 1. The van der Waals surface area contributed by atoms with Crippen molar-refractivity contribution < 1.29 is 18.7 Å². The van der Waals surface area contributed by atoms with Gasteiger partial charge in [0.1, 0.15) is 0 Å². The Balaban J connectivity index is 2.50. The molecule has 2 saturated carbocycles. The molecular formula is C11H14F2O2. The molecule has 0 aliphatic heterocycles. The van der Waals surface area contributed by atoms with Gasteiger partial charge in [0.2, 0.25) is 0 Å². The fraction of sp³-hybridized carbons (Fsp3) is 0.727. The number of rotatable bonds is 1. The van der Waals surface area contributed by atoms with E-state index < -0.39 is 28.6 Å². The van der Waals surface area contributed by atoms with Crippen molar-refractivity contribution in [3.05, 3.63) is 11.1 Å². The van der Waals surface area contributed by atoms with E-state index in [2.05, 4.69) is 0 Å². The van der Waals surface area contributed by atoms with Crippen molar-refractivity contribution in [2.45, 2.75) is 33.6 Å². The molecule has 0 aromatic heterocycles. The molecule has 0 saturated heterocycles. The maximum atomic E-state index is 13.2. The van der Waals surface area contributed by atoms with Gasteiger partial charge in [-0.25, -0.2) is 8.78 Å². The van der Waals surface area contributed by atoms with Gasteiger partial charge in [-0.2, -0.15) is 0 Å². The summed E-state index contributed by atoms with van der Waals surface area (Å²) in [6.45, 7) is 6.40. The van der Waals surface area contributed by atoms with E-state index in [1.54, 1.807) is 13.8 Å². The first kappa shape index (κ1) is 10.6. The minimum atomic E-state index is -2.78. The van der Waals surface area contributed by atoms with E-state index >= 15 is 0 Å². The highest BCUT2D eigenvalue weighted by atomic mass is 19.3. The lowest BCUT2D eigenvalue weighted by atomic mass is 9.99. The van der Waals surface area contributed by atoms with E-state index in [1.165, 1.54) is 13.8 Å². The summed E-state index contributed by atoms with van der Waals surface area (Å²) >= 11 is 0. The summed E-state index contributed by atoms with van der Waals surface area (Å²) in [7, 11) is 0. The minimum Gasteiger partial charge on any atom is -0.481 e. The zero-order valence-corrected chi connectivity index (χ0v) is 9.19. The third-order valence-electron chi connectivity index (χ3n) is 4.26. The van der Waals surface area contributed by atoms with Crippen molar-refractivity contribution in [2.75, 3.05) is 0 Å². The van der Waals surface area contributed by atoms with Crippen molar-refractivity contribution in [3.63, 3.8) is 0 Å². The molecular weight excluding hydrogens is 202 g/mol. The lowest BCUT2D eigenvalue weighted by molar-refractivity contribution is -0.143. The summed E-state index contributed by atoms with van der Waals surface area (Å²) < 4.78 is 26.4. The van der Waals surface area contributed by atoms with Gasteiger partial charge in [0.05, 0.1) is 11.3 Å². The predicted molar refractivity (Wildman–Crippen MR) is 50.7 cm³/mol. The number of carboxylic acid groups (broad SMARTS) is 1. The standard InChI is InChI=1S/C11H14F2O2/c1-5-6(11(5,12)13)7-9(2,3)10(7,4)8(14)15/h5H,1-4H3,(H,14,15). The first-order valence-electron chi connectivity index (χ1n) is 4.96. The maximum absolute atomic E-state index is 13.2. The molecule has 2 rings (SSSR count). The third kappa shape index (κ3) is 0.905. The Morgan fingerprint density at radius 2 is 1.73 bits per heavy atom. The minimum absolute atomic E-state index is 0.0531. The fourth-order valence-corrected chi connectivity index (χ4v) is 2.62. The quantitative estimate of drug-likeness (QED) is 0.684. The molecule has 2 unspecified atom stereocenters. The van der Waals surface area contributed by atoms with E-state index in [4.69, 9.17) is 5.11 Å². The number of allylic oxidation sites excluding steroid dienone is 1. The molecule has 0 aromatic rings. The molecule has 0 bridgehead atoms. The number of halogens is 2. The number of hydrogen-bond donors (Lipinski definition) is 1. The lowest BCUT2D eigenvalue weighted by Gasteiger charge is -2.05. The number of alkyl halides is 2. The van der Waals surface area contributed by atoms with Crippen LogP contribution in [0.25, 0.3) is 0 Å². The molecule has 2 fully saturated rings. The number of carbonyl (C=O) groups is 1. The molecule has 2 atom stereocenters. The van der Waals surface area contributed by atoms with Crippen LogP contribution >= 0.6 is 0 Å². The largest absolute Gasteiger partial charge is 0.481 e. The molecule has 1 N–H and O–H groups in total. The van der Waals surface area contributed by atoms with Crippen LogP contribution in [-0.4, -0.2) is 17.0 Å². The predicted octanol–water partition coefficient (Wildman–Crippen LogP) is 2.70. The van der Waals surface area contributed by atoms with E-state index in [0.29, 0.717) is 5.57 Å². The van der Waals surface area contributed by atoms with Crippen LogP contribution in [0.15, 0.2) is 11.1 Å². The second-order valence-electron chi connectivity index (χ2n) is 5.19. The number of hydrogen-bond acceptors (Lipinski definition) is 1. The van der Waals surface area contributed by atoms with Crippen LogP contribution in [0.2, 0.25) is 0 Å². The summed E-state index contributed by atoms with van der Waals surface area (Å²) in [6, 6.07) is 0. The summed E-state index contributed by atoms with van der Waals surface area (Å²) in [4.78, 5) is 11.1. The normalized spacial score (nSPS) is 45.1. The highest BCUT2D eigenvalue weighted by molar-refractivity contribution is 5.89. The third-order valence-corrected chi connectivity index (χ3v) is 4.26. The lowest BCUT2D eigenvalue weighted by Crippen LogP contribution is -2.16. The van der Waals surface area contributed by atoms with Crippen molar-refractivity contribution in [3.8, 4) is 0 Å². The Kier molecular flexibility index (Phi) is 1.59. The summed E-state index contributed by atoms with van der Waals surface area (Å²) in [5.41, 5.74) is -1.25. The Labute approximate surface area is 87.0 Å². The first-order chi connectivity index (χ1) is 6.59. The van der Waals surface area contributed by atoms with Crippen LogP contribution in [0.4, 0.5) is 8.78 Å². The average molecular weight is 216 g/mol. The van der Waals surface area contributed by atoms with Crippen molar-refractivity contribution in [1.29, 1.82) is 0 Å². The molecule has 4 heteroatoms. The monoisotopic (exact) mass is 216 g/mol. The molecule has 0 amide bonds. The number of carboxylic acids is 1. The smallest absolute Gasteiger partial charge is 0.314 e. The second kappa shape index (κ2) is 2.25. The topological polar surface area (TPSA) is 37.3 Å². The highest BCUT2D eigenvalue weighted by Crippen LogP contribution is 2.75. The van der Waals surface area contributed by atoms with Gasteiger partial charge in [-0.3, -0.25) is 4.79 Å². The van der Waals surface area contributed by atoms with Crippen molar-refractivity contribution >= 4 is 5.97 Å². The van der Waals surface area contributed by atoms with Gasteiger partial charge >= 0.3 is 5.97 Å². The summed E-state index contributed by atoms with van der Waals surface area (Å²) in [5, 5.41) is 9.07. The molecule has 84 valence electrons. The van der Waals surface area contributed by atoms with Crippen LogP contribution in [0.1, 0.15) is 27.7 Å². The Morgan fingerprint density at radius 3 is 1.93 bits per heavy atom. The summed E-state index contributed by atoms with van der Waals surface area (Å²) in [6.07, 6.45) is 0. The van der Waals surface area contributed by atoms with Gasteiger partial charge in [0, 0.05) is 11.0 Å². The second-order valence-corrected chi connectivity index (χ2v) is 5.19. The van der Waals surface area contributed by atoms with Gasteiger partial charge in [-0.1, -0.05) is 20.8 Å². The SMILES string of the molecule is CC1C(=C2C(C)(C)C2(C)C(=O)O)C1(F)F. The molecule has 2 aliphatic carbocycles. The van der Waals surface area contributed by atoms with Crippen LogP contribution in [0.3, 0.4) is 0 Å².